The molecule has 0 spiro atoms. The molecule has 0 unspecified atom stereocenters. The summed E-state index contributed by atoms with van der Waals surface area (Å²) in [6.07, 6.45) is 1.57. The van der Waals surface area contributed by atoms with E-state index in [9.17, 15) is 4.79 Å². The lowest BCUT2D eigenvalue weighted by Crippen LogP contribution is -2.06. The van der Waals surface area contributed by atoms with Gasteiger partial charge in [0.1, 0.15) is 5.82 Å². The number of amides is 1. The molecule has 1 heterocycles. The van der Waals surface area contributed by atoms with Gasteiger partial charge in [0.05, 0.1) is 0 Å². The number of rotatable bonds is 1. The fourth-order valence-corrected chi connectivity index (χ4v) is 0.749. The molecule has 0 aliphatic rings. The van der Waals surface area contributed by atoms with Crippen LogP contribution in [0, 0.1) is 11.8 Å². The van der Waals surface area contributed by atoms with Gasteiger partial charge in [-0.15, -0.1) is 0 Å². The number of aromatic nitrogens is 1. The Labute approximate surface area is 76.2 Å². The molecule has 0 aliphatic carbocycles. The Balaban J connectivity index is 2.83. The van der Waals surface area contributed by atoms with Crippen molar-refractivity contribution in [1.82, 2.24) is 4.98 Å². The van der Waals surface area contributed by atoms with Crippen molar-refractivity contribution >= 4 is 11.7 Å². The summed E-state index contributed by atoms with van der Waals surface area (Å²) in [5.41, 5.74) is 5.52. The Kier molecular flexibility index (Phi) is 2.87. The molecular formula is C9H9N3O. The first-order valence-corrected chi connectivity index (χ1v) is 3.67. The van der Waals surface area contributed by atoms with Gasteiger partial charge in [0, 0.05) is 24.7 Å². The Hall–Kier alpha value is -2.02. The van der Waals surface area contributed by atoms with Gasteiger partial charge in [-0.25, -0.2) is 4.98 Å². The summed E-state index contributed by atoms with van der Waals surface area (Å²) in [5.74, 6) is 4.92. The van der Waals surface area contributed by atoms with Gasteiger partial charge in [-0.05, 0) is 12.1 Å². The van der Waals surface area contributed by atoms with Gasteiger partial charge < -0.3 is 11.1 Å². The summed E-state index contributed by atoms with van der Waals surface area (Å²) in [7, 11) is 1.77. The molecule has 1 aromatic rings. The number of nitrogens with one attached hydrogen (secondary N) is 1. The zero-order chi connectivity index (χ0) is 9.68. The molecule has 0 saturated carbocycles. The van der Waals surface area contributed by atoms with Crippen LogP contribution in [0.25, 0.3) is 0 Å². The van der Waals surface area contributed by atoms with Crippen LogP contribution in [0.1, 0.15) is 5.56 Å². The molecule has 3 N–H and O–H groups in total. The monoisotopic (exact) mass is 175 g/mol. The highest BCUT2D eigenvalue weighted by Crippen LogP contribution is 2.01. The number of hydrogen-bond donors (Lipinski definition) is 2. The van der Waals surface area contributed by atoms with Crippen molar-refractivity contribution in [2.45, 2.75) is 0 Å². The second-order valence-corrected chi connectivity index (χ2v) is 2.30. The molecule has 0 fully saturated rings. The first-order chi connectivity index (χ1) is 6.22. The second-order valence-electron chi connectivity index (χ2n) is 2.30. The number of carbonyl (C=O) groups excluding carboxylic acids is 1. The van der Waals surface area contributed by atoms with Crippen molar-refractivity contribution in [3.63, 3.8) is 0 Å². The third-order valence-corrected chi connectivity index (χ3v) is 1.35. The van der Waals surface area contributed by atoms with E-state index in [0.717, 1.165) is 5.82 Å². The molecule has 0 aliphatic heterocycles. The summed E-state index contributed by atoms with van der Waals surface area (Å²) < 4.78 is 0. The third kappa shape index (κ3) is 2.83. The maximum atomic E-state index is 10.3. The molecule has 0 radical (unpaired) electrons. The predicted octanol–water partition coefficient (Wildman–Crippen LogP) is -0.0399. The van der Waals surface area contributed by atoms with E-state index in [1.807, 2.05) is 0 Å². The summed E-state index contributed by atoms with van der Waals surface area (Å²) in [5, 5.41) is 2.87. The van der Waals surface area contributed by atoms with E-state index in [-0.39, 0.29) is 0 Å². The fraction of sp³-hybridized carbons (Fsp3) is 0.111. The predicted molar refractivity (Wildman–Crippen MR) is 49.9 cm³/mol. The number of hydrogen-bond acceptors (Lipinski definition) is 3. The molecule has 0 atom stereocenters. The average Bonchev–Trinajstić information content (AvgIpc) is 2.15. The maximum absolute atomic E-state index is 10.3. The first-order valence-electron chi connectivity index (χ1n) is 3.67. The van der Waals surface area contributed by atoms with Gasteiger partial charge in [0.25, 0.3) is 5.91 Å². The quantitative estimate of drug-likeness (QED) is 0.588. The molecule has 0 saturated heterocycles. The minimum Gasteiger partial charge on any atom is -0.373 e. The lowest BCUT2D eigenvalue weighted by molar-refractivity contribution is -0.112. The second kappa shape index (κ2) is 4.12. The topological polar surface area (TPSA) is 68.0 Å². The fourth-order valence-electron chi connectivity index (χ4n) is 0.749. The van der Waals surface area contributed by atoms with Gasteiger partial charge >= 0.3 is 0 Å². The number of carbonyl (C=O) groups is 1. The number of pyridine rings is 1. The van der Waals surface area contributed by atoms with Gasteiger partial charge in [-0.3, -0.25) is 4.79 Å². The Morgan fingerprint density at radius 3 is 2.85 bits per heavy atom. The van der Waals surface area contributed by atoms with E-state index in [4.69, 9.17) is 5.73 Å². The van der Waals surface area contributed by atoms with Crippen LogP contribution in [-0.4, -0.2) is 17.9 Å². The van der Waals surface area contributed by atoms with Crippen LogP contribution >= 0.6 is 0 Å². The van der Waals surface area contributed by atoms with Crippen molar-refractivity contribution in [2.24, 2.45) is 5.73 Å². The van der Waals surface area contributed by atoms with E-state index in [2.05, 4.69) is 22.1 Å². The van der Waals surface area contributed by atoms with Gasteiger partial charge in [-0.2, -0.15) is 0 Å². The molecule has 66 valence electrons. The van der Waals surface area contributed by atoms with Crippen molar-refractivity contribution in [2.75, 3.05) is 12.4 Å². The number of nitrogens with two attached hydrogens (primary N) is 1. The van der Waals surface area contributed by atoms with E-state index >= 15 is 0 Å². The summed E-state index contributed by atoms with van der Waals surface area (Å²) in [6.45, 7) is 0. The number of primary amides is 1. The lowest BCUT2D eigenvalue weighted by Gasteiger charge is -1.96. The maximum Gasteiger partial charge on any atom is 0.293 e. The van der Waals surface area contributed by atoms with Crippen LogP contribution in [0.15, 0.2) is 18.3 Å². The van der Waals surface area contributed by atoms with Crippen molar-refractivity contribution < 1.29 is 4.79 Å². The summed E-state index contributed by atoms with van der Waals surface area (Å²) in [4.78, 5) is 14.3. The molecule has 13 heavy (non-hydrogen) atoms. The van der Waals surface area contributed by atoms with Crippen LogP contribution < -0.4 is 11.1 Å². The Morgan fingerprint density at radius 2 is 2.38 bits per heavy atom. The molecule has 1 amide bonds. The third-order valence-electron chi connectivity index (χ3n) is 1.35. The summed E-state index contributed by atoms with van der Waals surface area (Å²) in [6, 6.07) is 3.53. The van der Waals surface area contributed by atoms with Crippen LogP contribution in [0.3, 0.4) is 0 Å². The highest BCUT2D eigenvalue weighted by molar-refractivity contribution is 5.92. The largest absolute Gasteiger partial charge is 0.373 e. The molecule has 0 aromatic carbocycles. The van der Waals surface area contributed by atoms with E-state index in [1.165, 1.54) is 0 Å². The zero-order valence-electron chi connectivity index (χ0n) is 7.16. The van der Waals surface area contributed by atoms with Gasteiger partial charge in [0.15, 0.2) is 0 Å². The molecule has 1 aromatic heterocycles. The summed E-state index contributed by atoms with van der Waals surface area (Å²) >= 11 is 0. The average molecular weight is 175 g/mol. The normalized spacial score (nSPS) is 8.38. The molecule has 4 nitrogen and oxygen atoms in total. The van der Waals surface area contributed by atoms with Gasteiger partial charge in [0.2, 0.25) is 0 Å². The van der Waals surface area contributed by atoms with Crippen LogP contribution in [0.5, 0.6) is 0 Å². The molecule has 1 rings (SSSR count). The molecular weight excluding hydrogens is 166 g/mol. The first kappa shape index (κ1) is 9.07. The molecule has 4 heteroatoms. The smallest absolute Gasteiger partial charge is 0.293 e. The Bertz CT molecular complexity index is 359. The SMILES string of the molecule is CNc1ccc(C#CC(N)=O)cn1. The Morgan fingerprint density at radius 1 is 1.62 bits per heavy atom. The molecule has 0 bridgehead atoms. The minimum absolute atomic E-state index is 0.641. The van der Waals surface area contributed by atoms with E-state index in [0.29, 0.717) is 5.56 Å². The highest BCUT2D eigenvalue weighted by atomic mass is 16.1. The number of anilines is 1. The highest BCUT2D eigenvalue weighted by Gasteiger charge is 1.89. The van der Waals surface area contributed by atoms with Crippen LogP contribution in [-0.2, 0) is 4.79 Å². The van der Waals surface area contributed by atoms with Crippen molar-refractivity contribution in [3.05, 3.63) is 23.9 Å². The van der Waals surface area contributed by atoms with Crippen molar-refractivity contribution in [1.29, 1.82) is 0 Å². The van der Waals surface area contributed by atoms with Crippen LogP contribution in [0.4, 0.5) is 5.82 Å². The zero-order valence-corrected chi connectivity index (χ0v) is 7.16. The lowest BCUT2D eigenvalue weighted by atomic mass is 10.3. The van der Waals surface area contributed by atoms with Crippen molar-refractivity contribution in [3.8, 4) is 11.8 Å². The number of nitrogens with zero attached hydrogens (tertiary/aromatic N) is 1. The standard InChI is InChI=1S/C9H9N3O/c1-11-9-5-3-7(6-12-9)2-4-8(10)13/h3,5-6H,1H3,(H2,10,13)(H,11,12). The van der Waals surface area contributed by atoms with E-state index in [1.54, 1.807) is 25.4 Å². The minimum atomic E-state index is -0.641. The van der Waals surface area contributed by atoms with E-state index < -0.39 is 5.91 Å². The van der Waals surface area contributed by atoms with Gasteiger partial charge in [-0.1, -0.05) is 5.92 Å². The van der Waals surface area contributed by atoms with Crippen LogP contribution in [0.2, 0.25) is 0 Å².